The molecule has 1 heteroatoms. The van der Waals surface area contributed by atoms with Crippen molar-refractivity contribution in [3.05, 3.63) is 0 Å². The highest BCUT2D eigenvalue weighted by molar-refractivity contribution is 4.84. The molecule has 0 saturated heterocycles. The van der Waals surface area contributed by atoms with Gasteiger partial charge in [0.2, 0.25) is 0 Å². The van der Waals surface area contributed by atoms with Crippen molar-refractivity contribution in [1.29, 1.82) is 0 Å². The first kappa shape index (κ1) is 7.60. The van der Waals surface area contributed by atoms with E-state index in [-0.39, 0.29) is 0 Å². The van der Waals surface area contributed by atoms with Crippen molar-refractivity contribution in [3.63, 3.8) is 0 Å². The van der Waals surface area contributed by atoms with Crippen molar-refractivity contribution in [3.8, 4) is 0 Å². The number of nitrogens with two attached hydrogens (primary N) is 1. The summed E-state index contributed by atoms with van der Waals surface area (Å²) in [5.41, 5.74) is 5.76. The van der Waals surface area contributed by atoms with E-state index in [2.05, 4.69) is 0 Å². The standard InChI is InChI=1S/C10H19N/c11-7-10-6-8-2-1-3-9(10)5-4-8/h8-10H,1-7,11H2. The average Bonchev–Trinajstić information content (AvgIpc) is 2.37. The van der Waals surface area contributed by atoms with Crippen LogP contribution >= 0.6 is 0 Å². The predicted molar refractivity (Wildman–Crippen MR) is 47.2 cm³/mol. The van der Waals surface area contributed by atoms with Crippen molar-refractivity contribution < 1.29 is 0 Å². The molecule has 2 N–H and O–H groups in total. The molecule has 0 amide bonds. The second-order valence-electron chi connectivity index (χ2n) is 4.37. The highest BCUT2D eigenvalue weighted by Crippen LogP contribution is 2.42. The average molecular weight is 153 g/mol. The van der Waals surface area contributed by atoms with E-state index < -0.39 is 0 Å². The smallest absolute Gasteiger partial charge is 0.00461 e. The zero-order chi connectivity index (χ0) is 7.68. The maximum absolute atomic E-state index is 5.76. The van der Waals surface area contributed by atoms with Gasteiger partial charge >= 0.3 is 0 Å². The normalized spacial score (nSPS) is 43.9. The van der Waals surface area contributed by atoms with E-state index in [1.807, 2.05) is 0 Å². The second kappa shape index (κ2) is 3.14. The molecule has 3 atom stereocenters. The maximum atomic E-state index is 5.76. The van der Waals surface area contributed by atoms with Crippen LogP contribution < -0.4 is 5.73 Å². The van der Waals surface area contributed by atoms with E-state index in [4.69, 9.17) is 5.73 Å². The van der Waals surface area contributed by atoms with E-state index in [1.54, 1.807) is 0 Å². The Kier molecular flexibility index (Phi) is 2.17. The fraction of sp³-hybridized carbons (Fsp3) is 1.00. The Labute approximate surface area is 69.4 Å². The second-order valence-corrected chi connectivity index (χ2v) is 4.37. The summed E-state index contributed by atoms with van der Waals surface area (Å²) in [6.07, 6.45) is 8.87. The van der Waals surface area contributed by atoms with Crippen molar-refractivity contribution in [2.75, 3.05) is 6.54 Å². The molecule has 0 heterocycles. The molecule has 3 aliphatic rings. The maximum Gasteiger partial charge on any atom is -0.00461 e. The number of rotatable bonds is 1. The van der Waals surface area contributed by atoms with Gasteiger partial charge in [-0.25, -0.2) is 0 Å². The van der Waals surface area contributed by atoms with Crippen molar-refractivity contribution in [2.45, 2.75) is 38.5 Å². The van der Waals surface area contributed by atoms with Gasteiger partial charge in [0.15, 0.2) is 0 Å². The monoisotopic (exact) mass is 153 g/mol. The zero-order valence-corrected chi connectivity index (χ0v) is 7.26. The van der Waals surface area contributed by atoms with E-state index in [1.165, 1.54) is 38.5 Å². The van der Waals surface area contributed by atoms with Crippen LogP contribution in [-0.4, -0.2) is 6.54 Å². The van der Waals surface area contributed by atoms with Gasteiger partial charge in [0.05, 0.1) is 0 Å². The summed E-state index contributed by atoms with van der Waals surface area (Å²) in [6, 6.07) is 0. The lowest BCUT2D eigenvalue weighted by molar-refractivity contribution is 0.209. The molecular weight excluding hydrogens is 134 g/mol. The quantitative estimate of drug-likeness (QED) is 0.614. The molecule has 0 aromatic carbocycles. The van der Waals surface area contributed by atoms with Gasteiger partial charge in [0.25, 0.3) is 0 Å². The Hall–Kier alpha value is -0.0400. The fourth-order valence-electron chi connectivity index (χ4n) is 3.02. The van der Waals surface area contributed by atoms with Gasteiger partial charge in [-0.1, -0.05) is 25.7 Å². The van der Waals surface area contributed by atoms with E-state index in [0.717, 1.165) is 24.3 Å². The van der Waals surface area contributed by atoms with Gasteiger partial charge in [0, 0.05) is 0 Å². The van der Waals surface area contributed by atoms with Crippen LogP contribution in [0, 0.1) is 17.8 Å². The minimum atomic E-state index is 0.885. The van der Waals surface area contributed by atoms with Crippen molar-refractivity contribution in [1.82, 2.24) is 0 Å². The lowest BCUT2D eigenvalue weighted by atomic mass is 9.76. The Morgan fingerprint density at radius 3 is 2.82 bits per heavy atom. The molecule has 64 valence electrons. The van der Waals surface area contributed by atoms with Gasteiger partial charge in [-0.05, 0) is 37.1 Å². The molecule has 3 unspecified atom stereocenters. The molecule has 3 saturated carbocycles. The van der Waals surface area contributed by atoms with Crippen LogP contribution in [0.5, 0.6) is 0 Å². The zero-order valence-electron chi connectivity index (χ0n) is 7.26. The van der Waals surface area contributed by atoms with Crippen LogP contribution in [0.25, 0.3) is 0 Å². The van der Waals surface area contributed by atoms with Crippen LogP contribution in [0.1, 0.15) is 38.5 Å². The lowest BCUT2D eigenvalue weighted by Gasteiger charge is -2.31. The first-order chi connectivity index (χ1) is 5.40. The van der Waals surface area contributed by atoms with Gasteiger partial charge in [-0.3, -0.25) is 0 Å². The molecule has 0 radical (unpaired) electrons. The lowest BCUT2D eigenvalue weighted by Crippen LogP contribution is -2.28. The third-order valence-corrected chi connectivity index (χ3v) is 3.74. The Morgan fingerprint density at radius 1 is 1.09 bits per heavy atom. The topological polar surface area (TPSA) is 26.0 Å². The molecule has 0 aromatic heterocycles. The SMILES string of the molecule is NCC1CC2CCCC1CC2. The molecule has 3 aliphatic carbocycles. The molecule has 11 heavy (non-hydrogen) atoms. The molecule has 2 bridgehead atoms. The number of fused-ring (bicyclic) bond motifs is 4. The van der Waals surface area contributed by atoms with Crippen LogP contribution in [0.4, 0.5) is 0 Å². The number of hydrogen-bond donors (Lipinski definition) is 1. The summed E-state index contributed by atoms with van der Waals surface area (Å²) < 4.78 is 0. The third kappa shape index (κ3) is 1.44. The summed E-state index contributed by atoms with van der Waals surface area (Å²) in [4.78, 5) is 0. The first-order valence-corrected chi connectivity index (χ1v) is 5.10. The molecule has 3 rings (SSSR count). The molecule has 0 aliphatic heterocycles. The van der Waals surface area contributed by atoms with Crippen LogP contribution in [0.15, 0.2) is 0 Å². The third-order valence-electron chi connectivity index (χ3n) is 3.74. The Bertz CT molecular complexity index is 129. The van der Waals surface area contributed by atoms with E-state index in [0.29, 0.717) is 0 Å². The van der Waals surface area contributed by atoms with Gasteiger partial charge in [-0.2, -0.15) is 0 Å². The Balaban J connectivity index is 2.04. The minimum Gasteiger partial charge on any atom is -0.330 e. The summed E-state index contributed by atoms with van der Waals surface area (Å²) in [5, 5.41) is 0. The summed E-state index contributed by atoms with van der Waals surface area (Å²) in [6.45, 7) is 0.946. The molecular formula is C10H19N. The van der Waals surface area contributed by atoms with Crippen LogP contribution in [0.2, 0.25) is 0 Å². The number of hydrogen-bond acceptors (Lipinski definition) is 1. The van der Waals surface area contributed by atoms with Gasteiger partial charge in [-0.15, -0.1) is 0 Å². The molecule has 3 fully saturated rings. The highest BCUT2D eigenvalue weighted by Gasteiger charge is 2.31. The van der Waals surface area contributed by atoms with Gasteiger partial charge < -0.3 is 5.73 Å². The van der Waals surface area contributed by atoms with Gasteiger partial charge in [0.1, 0.15) is 0 Å². The van der Waals surface area contributed by atoms with Crippen molar-refractivity contribution >= 4 is 0 Å². The molecule has 0 aromatic rings. The van der Waals surface area contributed by atoms with E-state index >= 15 is 0 Å². The van der Waals surface area contributed by atoms with Crippen LogP contribution in [0.3, 0.4) is 0 Å². The molecule has 0 spiro atoms. The first-order valence-electron chi connectivity index (χ1n) is 5.10. The largest absolute Gasteiger partial charge is 0.330 e. The molecule has 1 nitrogen and oxygen atoms in total. The Morgan fingerprint density at radius 2 is 2.00 bits per heavy atom. The van der Waals surface area contributed by atoms with E-state index in [9.17, 15) is 0 Å². The fourth-order valence-corrected chi connectivity index (χ4v) is 3.02. The van der Waals surface area contributed by atoms with Crippen molar-refractivity contribution in [2.24, 2.45) is 23.5 Å². The summed E-state index contributed by atoms with van der Waals surface area (Å²) >= 11 is 0. The highest BCUT2D eigenvalue weighted by atomic mass is 14.6. The minimum absolute atomic E-state index is 0.885. The summed E-state index contributed by atoms with van der Waals surface area (Å²) in [5.74, 6) is 2.93. The summed E-state index contributed by atoms with van der Waals surface area (Å²) in [7, 11) is 0. The predicted octanol–water partition coefficient (Wildman–Crippen LogP) is 2.16. The van der Waals surface area contributed by atoms with Crippen LogP contribution in [-0.2, 0) is 0 Å².